The van der Waals surface area contributed by atoms with E-state index in [9.17, 15) is 4.79 Å². The van der Waals surface area contributed by atoms with Crippen LogP contribution in [0.3, 0.4) is 0 Å². The van der Waals surface area contributed by atoms with E-state index in [1.165, 1.54) is 13.3 Å². The molecule has 0 unspecified atom stereocenters. The lowest BCUT2D eigenvalue weighted by molar-refractivity contribution is -0.114. The number of benzene rings is 1. The van der Waals surface area contributed by atoms with Gasteiger partial charge in [0.15, 0.2) is 11.4 Å². The molecule has 0 atom stereocenters. The second-order valence-corrected chi connectivity index (χ2v) is 6.08. The topological polar surface area (TPSA) is 143 Å². The van der Waals surface area contributed by atoms with Crippen molar-refractivity contribution in [1.29, 1.82) is 5.41 Å². The third-order valence-corrected chi connectivity index (χ3v) is 3.61. The van der Waals surface area contributed by atoms with Gasteiger partial charge in [-0.05, 0) is 26.0 Å². The van der Waals surface area contributed by atoms with Crippen LogP contribution in [0.5, 0.6) is 0 Å². The van der Waals surface area contributed by atoms with E-state index in [0.717, 1.165) is 0 Å². The summed E-state index contributed by atoms with van der Waals surface area (Å²) in [4.78, 5) is 19.4. The molecule has 2 aromatic heterocycles. The van der Waals surface area contributed by atoms with Crippen molar-refractivity contribution in [2.75, 3.05) is 16.4 Å². The fraction of sp³-hybridized carbons (Fsp3) is 0.235. The van der Waals surface area contributed by atoms with Crippen LogP contribution in [0.1, 0.15) is 31.9 Å². The Hall–Kier alpha value is -3.49. The largest absolute Gasteiger partial charge is 0.383 e. The van der Waals surface area contributed by atoms with Gasteiger partial charge in [0.25, 0.3) is 0 Å². The van der Waals surface area contributed by atoms with Crippen LogP contribution in [0.4, 0.5) is 17.5 Å². The summed E-state index contributed by atoms with van der Waals surface area (Å²) < 4.78 is 5.26. The van der Waals surface area contributed by atoms with Crippen LogP contribution in [0.25, 0.3) is 11.0 Å². The number of hydrogen-bond acceptors (Lipinski definition) is 8. The van der Waals surface area contributed by atoms with Gasteiger partial charge in [0.1, 0.15) is 18.0 Å². The number of anilines is 3. The van der Waals surface area contributed by atoms with Gasteiger partial charge in [-0.2, -0.15) is 0 Å². The first-order valence-electron chi connectivity index (χ1n) is 8.00. The molecule has 0 bridgehead atoms. The molecule has 3 aromatic rings. The minimum Gasteiger partial charge on any atom is -0.383 e. The molecule has 0 radical (unpaired) electrons. The molecule has 0 aliphatic rings. The molecule has 2 heterocycles. The number of nitrogens with zero attached hydrogens (tertiary/aromatic N) is 3. The molecule has 0 spiro atoms. The summed E-state index contributed by atoms with van der Waals surface area (Å²) in [5.41, 5.74) is 7.58. The number of carbonyl (C=O) groups is 1. The molecule has 1 aromatic carbocycles. The molecule has 0 aliphatic carbocycles. The fourth-order valence-corrected chi connectivity index (χ4v) is 2.52. The fourth-order valence-electron chi connectivity index (χ4n) is 2.52. The van der Waals surface area contributed by atoms with Crippen LogP contribution in [-0.2, 0) is 4.79 Å². The van der Waals surface area contributed by atoms with Gasteiger partial charge in [-0.1, -0.05) is 11.2 Å². The summed E-state index contributed by atoms with van der Waals surface area (Å²) in [6.07, 6.45) is 1.36. The highest BCUT2D eigenvalue weighted by atomic mass is 16.5. The SMILES string of the molecule is CC(=O)Nc1noc2cc(C(=N)c3c(N)ncnc3NC(C)C)ccc12. The highest BCUT2D eigenvalue weighted by Gasteiger charge is 2.18. The standard InChI is InChI=1S/C17H19N7O2/c1-8(2)22-17-13(15(19)20-7-21-17)14(18)10-4-5-11-12(6-10)26-24-16(11)23-9(3)25/h4-8,18H,1-3H3,(H,23,24,25)(H3,19,20,21,22). The van der Waals surface area contributed by atoms with Crippen molar-refractivity contribution in [3.05, 3.63) is 35.7 Å². The normalized spacial score (nSPS) is 10.9. The zero-order chi connectivity index (χ0) is 18.8. The van der Waals surface area contributed by atoms with Gasteiger partial charge in [0.2, 0.25) is 5.91 Å². The van der Waals surface area contributed by atoms with Crippen LogP contribution >= 0.6 is 0 Å². The van der Waals surface area contributed by atoms with Crippen molar-refractivity contribution in [2.24, 2.45) is 0 Å². The van der Waals surface area contributed by atoms with Gasteiger partial charge < -0.3 is 20.9 Å². The van der Waals surface area contributed by atoms with E-state index < -0.39 is 0 Å². The van der Waals surface area contributed by atoms with Crippen LogP contribution in [0.15, 0.2) is 29.0 Å². The zero-order valence-electron chi connectivity index (χ0n) is 14.6. The molecule has 5 N–H and O–H groups in total. The molecule has 9 nitrogen and oxygen atoms in total. The van der Waals surface area contributed by atoms with Crippen LogP contribution in [0, 0.1) is 5.41 Å². The van der Waals surface area contributed by atoms with Crippen LogP contribution in [0.2, 0.25) is 0 Å². The second kappa shape index (κ2) is 6.79. The van der Waals surface area contributed by atoms with E-state index >= 15 is 0 Å². The maximum absolute atomic E-state index is 11.2. The highest BCUT2D eigenvalue weighted by Crippen LogP contribution is 2.27. The average Bonchev–Trinajstić information content (AvgIpc) is 2.95. The Balaban J connectivity index is 2.02. The molecular formula is C17H19N7O2. The maximum atomic E-state index is 11.2. The van der Waals surface area contributed by atoms with E-state index in [2.05, 4.69) is 25.8 Å². The summed E-state index contributed by atoms with van der Waals surface area (Å²) in [5, 5.41) is 18.8. The number of carbonyl (C=O) groups excluding carboxylic acids is 1. The Morgan fingerprint density at radius 3 is 2.73 bits per heavy atom. The third-order valence-electron chi connectivity index (χ3n) is 3.61. The van der Waals surface area contributed by atoms with Crippen LogP contribution < -0.4 is 16.4 Å². The molecule has 1 amide bonds. The minimum atomic E-state index is -0.240. The van der Waals surface area contributed by atoms with Crippen molar-refractivity contribution in [3.63, 3.8) is 0 Å². The molecule has 134 valence electrons. The molecule has 0 aliphatic heterocycles. The van der Waals surface area contributed by atoms with Crippen molar-refractivity contribution < 1.29 is 9.32 Å². The van der Waals surface area contributed by atoms with E-state index in [1.54, 1.807) is 18.2 Å². The number of nitrogens with two attached hydrogens (primary N) is 1. The van der Waals surface area contributed by atoms with Gasteiger partial charge in [0.05, 0.1) is 16.7 Å². The lowest BCUT2D eigenvalue weighted by Crippen LogP contribution is -2.17. The third kappa shape index (κ3) is 3.32. The van der Waals surface area contributed by atoms with Gasteiger partial charge in [0, 0.05) is 18.5 Å². The molecule has 0 saturated carbocycles. The molecule has 0 fully saturated rings. The average molecular weight is 353 g/mol. The number of aromatic nitrogens is 3. The summed E-state index contributed by atoms with van der Waals surface area (Å²) in [5.74, 6) is 0.810. The second-order valence-electron chi connectivity index (χ2n) is 6.08. The summed E-state index contributed by atoms with van der Waals surface area (Å²) >= 11 is 0. The molecule has 9 heteroatoms. The Labute approximate surface area is 149 Å². The predicted octanol–water partition coefficient (Wildman–Crippen LogP) is 2.39. The molecular weight excluding hydrogens is 334 g/mol. The molecule has 3 rings (SSSR count). The Bertz CT molecular complexity index is 994. The first-order valence-corrected chi connectivity index (χ1v) is 8.00. The highest BCUT2D eigenvalue weighted by molar-refractivity contribution is 6.17. The van der Waals surface area contributed by atoms with E-state index in [-0.39, 0.29) is 23.5 Å². The summed E-state index contributed by atoms with van der Waals surface area (Å²) in [6.45, 7) is 5.33. The number of nitrogen functional groups attached to an aromatic ring is 1. The number of hydrogen-bond donors (Lipinski definition) is 4. The lowest BCUT2D eigenvalue weighted by atomic mass is 10.0. The number of fused-ring (bicyclic) bond motifs is 1. The summed E-state index contributed by atoms with van der Waals surface area (Å²) in [7, 11) is 0. The number of nitrogens with one attached hydrogen (secondary N) is 3. The first-order chi connectivity index (χ1) is 12.4. The van der Waals surface area contributed by atoms with Gasteiger partial charge >= 0.3 is 0 Å². The first kappa shape index (κ1) is 17.3. The zero-order valence-corrected chi connectivity index (χ0v) is 14.6. The lowest BCUT2D eigenvalue weighted by Gasteiger charge is -2.15. The van der Waals surface area contributed by atoms with Crippen molar-refractivity contribution in [2.45, 2.75) is 26.8 Å². The van der Waals surface area contributed by atoms with E-state index in [4.69, 9.17) is 15.7 Å². The van der Waals surface area contributed by atoms with Crippen molar-refractivity contribution in [1.82, 2.24) is 15.1 Å². The van der Waals surface area contributed by atoms with Gasteiger partial charge in [-0.25, -0.2) is 9.97 Å². The summed E-state index contributed by atoms with van der Waals surface area (Å²) in [6, 6.07) is 5.25. The quantitative estimate of drug-likeness (QED) is 0.516. The number of rotatable bonds is 5. The predicted molar refractivity (Wildman–Crippen MR) is 99.4 cm³/mol. The molecule has 0 saturated heterocycles. The van der Waals surface area contributed by atoms with Gasteiger partial charge in [-0.15, -0.1) is 0 Å². The Kier molecular flexibility index (Phi) is 4.53. The monoisotopic (exact) mass is 353 g/mol. The van der Waals surface area contributed by atoms with Crippen molar-refractivity contribution >= 4 is 40.0 Å². The molecule has 26 heavy (non-hydrogen) atoms. The van der Waals surface area contributed by atoms with Crippen molar-refractivity contribution in [3.8, 4) is 0 Å². The van der Waals surface area contributed by atoms with Gasteiger partial charge in [-0.3, -0.25) is 10.2 Å². The number of amides is 1. The van der Waals surface area contributed by atoms with E-state index in [0.29, 0.717) is 33.7 Å². The Morgan fingerprint density at radius 2 is 2.04 bits per heavy atom. The van der Waals surface area contributed by atoms with Crippen LogP contribution in [-0.4, -0.2) is 32.8 Å². The van der Waals surface area contributed by atoms with E-state index in [1.807, 2.05) is 13.8 Å². The maximum Gasteiger partial charge on any atom is 0.222 e. The minimum absolute atomic E-state index is 0.118. The smallest absolute Gasteiger partial charge is 0.222 e. The Morgan fingerprint density at radius 1 is 1.27 bits per heavy atom.